The van der Waals surface area contributed by atoms with Gasteiger partial charge in [0, 0.05) is 62.2 Å². The minimum atomic E-state index is -1.14. The number of hydrogen-bond donors (Lipinski definition) is 2. The molecule has 1 amide bonds. The summed E-state index contributed by atoms with van der Waals surface area (Å²) in [4.78, 5) is 22.1. The molecule has 1 aromatic rings. The van der Waals surface area contributed by atoms with Crippen molar-refractivity contribution in [1.82, 2.24) is 15.1 Å². The third-order valence-corrected chi connectivity index (χ3v) is 7.41. The molecule has 0 saturated carbocycles. The van der Waals surface area contributed by atoms with E-state index in [-0.39, 0.29) is 29.5 Å². The molecule has 35 heavy (non-hydrogen) atoms. The zero-order valence-corrected chi connectivity index (χ0v) is 21.0. The van der Waals surface area contributed by atoms with E-state index in [1.807, 2.05) is 36.1 Å². The van der Waals surface area contributed by atoms with Crippen LogP contribution in [0.1, 0.15) is 31.2 Å². The molecule has 0 bridgehead atoms. The number of allylic oxidation sites excluding steroid dienone is 1. The Morgan fingerprint density at radius 2 is 2.00 bits per heavy atom. The number of aliphatic imine (C=N–C) groups is 1. The van der Waals surface area contributed by atoms with Gasteiger partial charge in [-0.25, -0.2) is 9.38 Å². The molecule has 190 valence electrons. The smallest absolute Gasteiger partial charge is 0.231 e. The second kappa shape index (κ2) is 11.5. The van der Waals surface area contributed by atoms with Crippen molar-refractivity contribution in [1.29, 1.82) is 0 Å². The van der Waals surface area contributed by atoms with Crippen LogP contribution < -0.4 is 11.1 Å². The second-order valence-electron chi connectivity index (χ2n) is 9.49. The average Bonchev–Trinajstić information content (AvgIpc) is 3.46. The van der Waals surface area contributed by atoms with Gasteiger partial charge in [-0.05, 0) is 36.5 Å². The van der Waals surface area contributed by atoms with Crippen LogP contribution in [0.15, 0.2) is 53.3 Å². The van der Waals surface area contributed by atoms with Gasteiger partial charge in [-0.3, -0.25) is 4.79 Å². The molecule has 2 fully saturated rings. The summed E-state index contributed by atoms with van der Waals surface area (Å²) in [5.41, 5.74) is 8.07. The van der Waals surface area contributed by atoms with Gasteiger partial charge < -0.3 is 25.6 Å². The Bertz CT molecular complexity index is 968. The number of nitrogens with zero attached hydrogens (tertiary/aromatic N) is 3. The van der Waals surface area contributed by atoms with Gasteiger partial charge in [-0.15, -0.1) is 0 Å². The number of carbonyl (C=O) groups is 1. The maximum atomic E-state index is 14.3. The van der Waals surface area contributed by atoms with E-state index < -0.39 is 6.17 Å². The van der Waals surface area contributed by atoms with Gasteiger partial charge >= 0.3 is 0 Å². The summed E-state index contributed by atoms with van der Waals surface area (Å²) in [7, 11) is 0. The van der Waals surface area contributed by atoms with Crippen LogP contribution in [-0.2, 0) is 9.53 Å². The largest absolute Gasteiger partial charge is 0.399 e. The number of amides is 1. The number of hydrogen-bond acceptors (Lipinski definition) is 5. The summed E-state index contributed by atoms with van der Waals surface area (Å²) in [5, 5.41) is 4.15. The van der Waals surface area contributed by atoms with Gasteiger partial charge in [0.1, 0.15) is 12.0 Å². The first-order valence-corrected chi connectivity index (χ1v) is 12.7. The summed E-state index contributed by atoms with van der Waals surface area (Å²) >= 11 is 6.09. The number of alkyl halides is 1. The van der Waals surface area contributed by atoms with Crippen LogP contribution in [0.5, 0.6) is 0 Å². The molecule has 3 N–H and O–H groups in total. The third-order valence-electron chi connectivity index (χ3n) is 7.16. The van der Waals surface area contributed by atoms with E-state index in [1.165, 1.54) is 6.20 Å². The fraction of sp³-hybridized carbons (Fsp3) is 0.538. The van der Waals surface area contributed by atoms with Crippen molar-refractivity contribution in [2.75, 3.05) is 45.9 Å². The summed E-state index contributed by atoms with van der Waals surface area (Å²) < 4.78 is 19.7. The van der Waals surface area contributed by atoms with Gasteiger partial charge in [-0.2, -0.15) is 0 Å². The molecule has 1 aromatic carbocycles. The summed E-state index contributed by atoms with van der Waals surface area (Å²) in [5.74, 6) is 0.427. The zero-order valence-electron chi connectivity index (χ0n) is 20.3. The Morgan fingerprint density at radius 1 is 1.31 bits per heavy atom. The fourth-order valence-electron chi connectivity index (χ4n) is 5.15. The molecule has 3 aliphatic rings. The monoisotopic (exact) mass is 503 g/mol. The minimum absolute atomic E-state index is 0.0108. The lowest BCUT2D eigenvalue weighted by molar-refractivity contribution is -0.134. The molecular formula is C26H35ClFN5O2. The molecule has 2 heterocycles. The fourth-order valence-corrected chi connectivity index (χ4v) is 5.27. The van der Waals surface area contributed by atoms with Gasteiger partial charge in [-0.1, -0.05) is 37.2 Å². The topological polar surface area (TPSA) is 83.2 Å². The average molecular weight is 504 g/mol. The molecule has 2 aliphatic heterocycles. The van der Waals surface area contributed by atoms with Crippen LogP contribution in [-0.4, -0.2) is 79.7 Å². The Labute approximate surface area is 211 Å². The van der Waals surface area contributed by atoms with Gasteiger partial charge in [0.2, 0.25) is 5.91 Å². The summed E-state index contributed by atoms with van der Waals surface area (Å²) in [6.07, 6.45) is 1.65. The number of rotatable bonds is 7. The van der Waals surface area contributed by atoms with E-state index in [9.17, 15) is 9.18 Å². The highest BCUT2D eigenvalue weighted by Gasteiger charge is 2.36. The van der Waals surface area contributed by atoms with Crippen molar-refractivity contribution in [3.05, 3.63) is 58.9 Å². The van der Waals surface area contributed by atoms with Crippen LogP contribution >= 0.6 is 11.6 Å². The van der Waals surface area contributed by atoms with Crippen LogP contribution in [0.3, 0.4) is 0 Å². The number of carbonyl (C=O) groups excluding carboxylic acids is 1. The predicted octanol–water partition coefficient (Wildman–Crippen LogP) is 3.08. The molecule has 9 heteroatoms. The zero-order chi connectivity index (χ0) is 24.9. The molecule has 4 rings (SSSR count). The lowest BCUT2D eigenvalue weighted by atomic mass is 9.96. The number of ether oxygens (including phenoxy) is 1. The van der Waals surface area contributed by atoms with Crippen molar-refractivity contribution in [2.45, 2.75) is 37.9 Å². The summed E-state index contributed by atoms with van der Waals surface area (Å²) in [6, 6.07) is 7.76. The molecule has 4 atom stereocenters. The highest BCUT2D eigenvalue weighted by Crippen LogP contribution is 2.33. The first kappa shape index (κ1) is 25.7. The Balaban J connectivity index is 1.45. The molecule has 0 aromatic heterocycles. The first-order valence-electron chi connectivity index (χ1n) is 12.3. The highest BCUT2D eigenvalue weighted by atomic mass is 35.5. The number of halogens is 2. The Morgan fingerprint density at radius 3 is 2.57 bits per heavy atom. The van der Waals surface area contributed by atoms with Crippen LogP contribution in [0.4, 0.5) is 4.39 Å². The SMILES string of the molecule is C=CN=C(C1=C(N)[C@@H](F)C[C@H]1C)N1CCN(C(=O)C(CNC2CCOC2)c2ccc(Cl)cc2)CC1. The Hall–Kier alpha value is -2.42. The third kappa shape index (κ3) is 5.88. The van der Waals surface area contributed by atoms with Crippen molar-refractivity contribution in [3.8, 4) is 0 Å². The minimum Gasteiger partial charge on any atom is -0.399 e. The standard InChI is InChI=1S/C26H35ClFN5O2/c1-3-30-25(23-17(2)14-22(28)24(23)29)32-9-11-33(12-10-32)26(34)21(15-31-20-8-13-35-16-20)18-4-6-19(27)7-5-18/h3-7,17,20-22,31H,1,8-16,29H2,2H3/t17-,20?,21?,22+/m1/s1. The first-order chi connectivity index (χ1) is 16.9. The normalized spacial score (nSPS) is 26.4. The van der Waals surface area contributed by atoms with Crippen molar-refractivity contribution < 1.29 is 13.9 Å². The highest BCUT2D eigenvalue weighted by molar-refractivity contribution is 6.30. The van der Waals surface area contributed by atoms with E-state index in [1.54, 1.807) is 0 Å². The van der Waals surface area contributed by atoms with Crippen LogP contribution in [0.2, 0.25) is 5.02 Å². The summed E-state index contributed by atoms with van der Waals surface area (Å²) in [6.45, 7) is 9.94. The van der Waals surface area contributed by atoms with Gasteiger partial charge in [0.05, 0.1) is 18.2 Å². The van der Waals surface area contributed by atoms with E-state index in [4.69, 9.17) is 22.1 Å². The van der Waals surface area contributed by atoms with Crippen molar-refractivity contribution in [3.63, 3.8) is 0 Å². The molecular weight excluding hydrogens is 469 g/mol. The second-order valence-corrected chi connectivity index (χ2v) is 9.93. The number of nitrogens with two attached hydrogens (primary N) is 1. The maximum Gasteiger partial charge on any atom is 0.231 e. The lowest BCUT2D eigenvalue weighted by Gasteiger charge is -2.39. The number of benzene rings is 1. The molecule has 1 aliphatic carbocycles. The molecule has 0 spiro atoms. The van der Waals surface area contributed by atoms with Crippen LogP contribution in [0.25, 0.3) is 0 Å². The number of amidine groups is 1. The molecule has 2 saturated heterocycles. The van der Waals surface area contributed by atoms with E-state index >= 15 is 0 Å². The van der Waals surface area contributed by atoms with E-state index in [0.717, 1.165) is 24.2 Å². The Kier molecular flexibility index (Phi) is 8.46. The van der Waals surface area contributed by atoms with Crippen LogP contribution in [0, 0.1) is 5.92 Å². The van der Waals surface area contributed by atoms with Crippen molar-refractivity contribution >= 4 is 23.3 Å². The molecule has 0 radical (unpaired) electrons. The number of piperazine rings is 1. The van der Waals surface area contributed by atoms with Crippen molar-refractivity contribution in [2.24, 2.45) is 16.6 Å². The molecule has 7 nitrogen and oxygen atoms in total. The maximum absolute atomic E-state index is 14.3. The predicted molar refractivity (Wildman–Crippen MR) is 137 cm³/mol. The van der Waals surface area contributed by atoms with E-state index in [2.05, 4.69) is 21.8 Å². The van der Waals surface area contributed by atoms with E-state index in [0.29, 0.717) is 56.6 Å². The van der Waals surface area contributed by atoms with Gasteiger partial charge in [0.15, 0.2) is 0 Å². The molecule has 2 unspecified atom stereocenters. The van der Waals surface area contributed by atoms with Gasteiger partial charge in [0.25, 0.3) is 0 Å². The lowest BCUT2D eigenvalue weighted by Crippen LogP contribution is -2.53. The quantitative estimate of drug-likeness (QED) is 0.441. The number of nitrogens with one attached hydrogen (secondary N) is 1.